The van der Waals surface area contributed by atoms with Gasteiger partial charge >= 0.3 is 0 Å². The minimum atomic E-state index is -1.10. The number of likely N-dealkylation sites (tertiary alicyclic amines) is 1. The smallest absolute Gasteiger partial charge is 0.266 e. The SMILES string of the molecule is NC(=O)c1cnc2ccc(C3CCN(C(=O)CCCCCNC(=O)COc4cccc5c4C(=O)N(C4CCC(=O)NC4=O)C5=O)CC3)cc2c1Nc1ccccc1. The zero-order valence-corrected chi connectivity index (χ0v) is 31.3. The number of nitrogens with two attached hydrogens (primary N) is 1. The van der Waals surface area contributed by atoms with Crippen LogP contribution in [0, 0.1) is 0 Å². The number of fused-ring (bicyclic) bond motifs is 2. The molecule has 7 rings (SSSR count). The van der Waals surface area contributed by atoms with Crippen molar-refractivity contribution >= 4 is 63.6 Å². The van der Waals surface area contributed by atoms with Gasteiger partial charge in [-0.15, -0.1) is 0 Å². The lowest BCUT2D eigenvalue weighted by molar-refractivity contribution is -0.136. The van der Waals surface area contributed by atoms with E-state index in [1.807, 2.05) is 41.3 Å². The van der Waals surface area contributed by atoms with E-state index in [0.29, 0.717) is 50.1 Å². The highest BCUT2D eigenvalue weighted by molar-refractivity contribution is 6.24. The molecule has 0 saturated carbocycles. The number of benzene rings is 3. The summed E-state index contributed by atoms with van der Waals surface area (Å²) >= 11 is 0. The first kappa shape index (κ1) is 38.6. The predicted molar refractivity (Wildman–Crippen MR) is 209 cm³/mol. The van der Waals surface area contributed by atoms with Crippen molar-refractivity contribution in [2.75, 3.05) is 31.6 Å². The van der Waals surface area contributed by atoms with Crippen LogP contribution in [0.1, 0.15) is 93.9 Å². The van der Waals surface area contributed by atoms with E-state index in [0.717, 1.165) is 46.3 Å². The Bertz CT molecular complexity index is 2250. The molecule has 4 heterocycles. The van der Waals surface area contributed by atoms with Crippen LogP contribution in [0.3, 0.4) is 0 Å². The Balaban J connectivity index is 0.832. The number of hydrogen-bond acceptors (Lipinski definition) is 10. The summed E-state index contributed by atoms with van der Waals surface area (Å²) in [5, 5.41) is 9.11. The number of ether oxygens (including phenoxy) is 1. The van der Waals surface area contributed by atoms with Crippen molar-refractivity contribution in [2.45, 2.75) is 63.3 Å². The van der Waals surface area contributed by atoms with Gasteiger partial charge in [0.1, 0.15) is 11.8 Å². The van der Waals surface area contributed by atoms with Crippen molar-refractivity contribution < 1.29 is 38.3 Å². The topological polar surface area (TPSA) is 210 Å². The first-order valence-corrected chi connectivity index (χ1v) is 19.2. The number of aromatic nitrogens is 1. The van der Waals surface area contributed by atoms with Crippen molar-refractivity contribution in [3.8, 4) is 5.75 Å². The Morgan fingerprint density at radius 2 is 1.68 bits per heavy atom. The quantitative estimate of drug-likeness (QED) is 0.107. The summed E-state index contributed by atoms with van der Waals surface area (Å²) in [5.41, 5.74) is 9.39. The van der Waals surface area contributed by atoms with Crippen LogP contribution in [-0.2, 0) is 19.2 Å². The molecule has 15 heteroatoms. The molecular weight excluding hydrogens is 731 g/mol. The van der Waals surface area contributed by atoms with Gasteiger partial charge in [0.15, 0.2) is 6.61 Å². The number of nitrogens with one attached hydrogen (secondary N) is 3. The second-order valence-corrected chi connectivity index (χ2v) is 14.4. The van der Waals surface area contributed by atoms with Gasteiger partial charge in [0.2, 0.25) is 17.7 Å². The van der Waals surface area contributed by atoms with Gasteiger partial charge in [-0.05, 0) is 80.0 Å². The molecule has 0 bridgehead atoms. The average Bonchev–Trinajstić information content (AvgIpc) is 3.47. The fourth-order valence-corrected chi connectivity index (χ4v) is 7.68. The summed E-state index contributed by atoms with van der Waals surface area (Å²) in [6.45, 7) is 1.28. The molecule has 5 N–H and O–H groups in total. The van der Waals surface area contributed by atoms with Gasteiger partial charge in [-0.25, -0.2) is 0 Å². The number of carbonyl (C=O) groups is 7. The van der Waals surface area contributed by atoms with E-state index in [-0.39, 0.29) is 48.2 Å². The monoisotopic (exact) mass is 773 g/mol. The second-order valence-electron chi connectivity index (χ2n) is 14.4. The molecule has 3 aliphatic rings. The number of carbonyl (C=O) groups excluding carboxylic acids is 7. The van der Waals surface area contributed by atoms with Crippen LogP contribution in [0.5, 0.6) is 5.75 Å². The summed E-state index contributed by atoms with van der Waals surface area (Å²) < 4.78 is 5.64. The molecule has 3 aliphatic heterocycles. The van der Waals surface area contributed by atoms with Crippen molar-refractivity contribution in [3.63, 3.8) is 0 Å². The maximum absolute atomic E-state index is 13.2. The number of amides is 7. The molecule has 2 fully saturated rings. The molecule has 7 amide bonds. The Labute approximate surface area is 328 Å². The van der Waals surface area contributed by atoms with Crippen LogP contribution < -0.4 is 26.4 Å². The molecule has 3 aromatic carbocycles. The van der Waals surface area contributed by atoms with Gasteiger partial charge < -0.3 is 26.0 Å². The summed E-state index contributed by atoms with van der Waals surface area (Å²) in [7, 11) is 0. The number of hydrogen-bond donors (Lipinski definition) is 4. The summed E-state index contributed by atoms with van der Waals surface area (Å²) in [5.74, 6) is -3.12. The Morgan fingerprint density at radius 1 is 0.895 bits per heavy atom. The average molecular weight is 774 g/mol. The number of rotatable bonds is 14. The van der Waals surface area contributed by atoms with Gasteiger partial charge in [-0.3, -0.25) is 48.8 Å². The number of piperidine rings is 2. The number of nitrogens with zero attached hydrogens (tertiary/aromatic N) is 3. The number of pyridine rings is 1. The van der Waals surface area contributed by atoms with Crippen LogP contribution in [0.25, 0.3) is 10.9 Å². The van der Waals surface area contributed by atoms with Gasteiger partial charge in [-0.2, -0.15) is 0 Å². The van der Waals surface area contributed by atoms with Crippen LogP contribution in [0.15, 0.2) is 72.9 Å². The minimum absolute atomic E-state index is 0.00799. The fraction of sp³-hybridized carbons (Fsp3) is 0.333. The molecule has 2 saturated heterocycles. The zero-order chi connectivity index (χ0) is 40.1. The van der Waals surface area contributed by atoms with E-state index in [2.05, 4.69) is 33.1 Å². The highest BCUT2D eigenvalue weighted by Crippen LogP contribution is 2.36. The van der Waals surface area contributed by atoms with Gasteiger partial charge in [0.25, 0.3) is 23.6 Å². The highest BCUT2D eigenvalue weighted by Gasteiger charge is 2.46. The van der Waals surface area contributed by atoms with E-state index in [1.54, 1.807) is 0 Å². The molecule has 1 atom stereocenters. The van der Waals surface area contributed by atoms with Gasteiger partial charge in [-0.1, -0.05) is 36.8 Å². The van der Waals surface area contributed by atoms with Crippen molar-refractivity contribution in [1.82, 2.24) is 25.4 Å². The minimum Gasteiger partial charge on any atom is -0.483 e. The normalized spacial score (nSPS) is 17.0. The molecule has 1 unspecified atom stereocenters. The second kappa shape index (κ2) is 17.0. The van der Waals surface area contributed by atoms with Crippen LogP contribution in [0.4, 0.5) is 11.4 Å². The third-order valence-corrected chi connectivity index (χ3v) is 10.7. The van der Waals surface area contributed by atoms with E-state index >= 15 is 0 Å². The first-order valence-electron chi connectivity index (χ1n) is 19.2. The number of unbranched alkanes of at least 4 members (excludes halogenated alkanes) is 2. The predicted octanol–water partition coefficient (Wildman–Crippen LogP) is 3.94. The summed E-state index contributed by atoms with van der Waals surface area (Å²) in [6.07, 6.45) is 5.65. The molecule has 1 aromatic heterocycles. The van der Waals surface area contributed by atoms with Crippen LogP contribution in [-0.4, -0.2) is 88.4 Å². The van der Waals surface area contributed by atoms with E-state index in [4.69, 9.17) is 10.5 Å². The number of imide groups is 2. The first-order chi connectivity index (χ1) is 27.6. The van der Waals surface area contributed by atoms with Crippen molar-refractivity contribution in [3.05, 3.63) is 95.2 Å². The Morgan fingerprint density at radius 3 is 2.44 bits per heavy atom. The molecule has 0 radical (unpaired) electrons. The van der Waals surface area contributed by atoms with Crippen molar-refractivity contribution in [1.29, 1.82) is 0 Å². The molecule has 15 nitrogen and oxygen atoms in total. The molecule has 57 heavy (non-hydrogen) atoms. The van der Waals surface area contributed by atoms with E-state index in [1.165, 1.54) is 24.4 Å². The number of primary amides is 1. The van der Waals surface area contributed by atoms with E-state index < -0.39 is 41.5 Å². The lowest BCUT2D eigenvalue weighted by Crippen LogP contribution is -2.54. The largest absolute Gasteiger partial charge is 0.483 e. The van der Waals surface area contributed by atoms with Gasteiger partial charge in [0.05, 0.1) is 27.9 Å². The van der Waals surface area contributed by atoms with E-state index in [9.17, 15) is 33.6 Å². The van der Waals surface area contributed by atoms with Gasteiger partial charge in [0, 0.05) is 49.7 Å². The Hall–Kier alpha value is -6.64. The maximum Gasteiger partial charge on any atom is 0.266 e. The molecule has 4 aromatic rings. The molecule has 0 spiro atoms. The number of anilines is 2. The third-order valence-electron chi connectivity index (χ3n) is 10.7. The van der Waals surface area contributed by atoms with Crippen LogP contribution >= 0.6 is 0 Å². The molecule has 0 aliphatic carbocycles. The molecular formula is C42H43N7O8. The molecule has 294 valence electrons. The lowest BCUT2D eigenvalue weighted by Gasteiger charge is -2.32. The Kier molecular flexibility index (Phi) is 11.5. The third kappa shape index (κ3) is 8.47. The summed E-state index contributed by atoms with van der Waals surface area (Å²) in [4.78, 5) is 95.4. The summed E-state index contributed by atoms with van der Waals surface area (Å²) in [6, 6.07) is 19.0. The fourth-order valence-electron chi connectivity index (χ4n) is 7.68. The maximum atomic E-state index is 13.2. The highest BCUT2D eigenvalue weighted by atomic mass is 16.5. The standard InChI is InChI=1S/C42H43N7O8/c43-39(53)30-23-45-31-14-13-26(22-29(31)38(30)46-27-8-3-1-4-9-27)25-17-20-48(21-18-25)36(52)12-5-2-6-19-44-35(51)24-57-33-11-7-10-28-37(33)42(56)49(41(28)55)32-15-16-34(50)47-40(32)54/h1,3-4,7-11,13-14,22-23,25,32H,2,5-6,12,15-21,24H2,(H2,43,53)(H,44,51)(H,45,46)(H,47,50,54). The van der Waals surface area contributed by atoms with Crippen molar-refractivity contribution in [2.24, 2.45) is 5.73 Å². The van der Waals surface area contributed by atoms with Crippen LogP contribution in [0.2, 0.25) is 0 Å². The zero-order valence-electron chi connectivity index (χ0n) is 31.3. The number of para-hydroxylation sites is 1. The lowest BCUT2D eigenvalue weighted by atomic mass is 9.88.